The third-order valence-electron chi connectivity index (χ3n) is 4.59. The number of alkyl halides is 3. The maximum Gasteiger partial charge on any atom is 0.417 e. The Labute approximate surface area is 160 Å². The van der Waals surface area contributed by atoms with Crippen molar-refractivity contribution in [1.29, 1.82) is 0 Å². The van der Waals surface area contributed by atoms with Crippen LogP contribution in [0.5, 0.6) is 0 Å². The lowest BCUT2D eigenvalue weighted by molar-refractivity contribution is -0.137. The van der Waals surface area contributed by atoms with Gasteiger partial charge in [0.15, 0.2) is 0 Å². The van der Waals surface area contributed by atoms with Gasteiger partial charge in [-0.25, -0.2) is 9.97 Å². The molecule has 7 heteroatoms. The summed E-state index contributed by atoms with van der Waals surface area (Å²) in [5.74, 6) is 0.414. The van der Waals surface area contributed by atoms with E-state index in [0.29, 0.717) is 37.9 Å². The summed E-state index contributed by atoms with van der Waals surface area (Å²) in [4.78, 5) is 11.0. The van der Waals surface area contributed by atoms with Crippen LogP contribution in [0.15, 0.2) is 60.7 Å². The monoisotopic (exact) mass is 385 g/mol. The highest BCUT2D eigenvalue weighted by Gasteiger charge is 2.34. The van der Waals surface area contributed by atoms with E-state index in [4.69, 9.17) is 4.74 Å². The SMILES string of the molecule is FC(F)(F)c1ccccc1-c1cc(-c2ccccc2)nc(N2CCOCC2)n1. The second kappa shape index (κ2) is 7.59. The van der Waals surface area contributed by atoms with E-state index in [2.05, 4.69) is 9.97 Å². The molecule has 0 N–H and O–H groups in total. The summed E-state index contributed by atoms with van der Waals surface area (Å²) in [5.41, 5.74) is 1.00. The van der Waals surface area contributed by atoms with Gasteiger partial charge in [-0.3, -0.25) is 0 Å². The molecule has 4 nitrogen and oxygen atoms in total. The standard InChI is InChI=1S/C21H18F3N3O/c22-21(23,24)17-9-5-4-8-16(17)19-14-18(15-6-2-1-3-7-15)25-20(26-19)27-10-12-28-13-11-27/h1-9,14H,10-13H2. The van der Waals surface area contributed by atoms with E-state index in [-0.39, 0.29) is 11.3 Å². The Bertz CT molecular complexity index is 955. The predicted octanol–water partition coefficient (Wildman–Crippen LogP) is 4.67. The van der Waals surface area contributed by atoms with Gasteiger partial charge in [0.1, 0.15) is 0 Å². The summed E-state index contributed by atoms with van der Waals surface area (Å²) in [7, 11) is 0. The van der Waals surface area contributed by atoms with Crippen LogP contribution in [0, 0.1) is 0 Å². The second-order valence-corrected chi connectivity index (χ2v) is 6.45. The van der Waals surface area contributed by atoms with Gasteiger partial charge in [0.05, 0.1) is 30.2 Å². The smallest absolute Gasteiger partial charge is 0.378 e. The van der Waals surface area contributed by atoms with Gasteiger partial charge in [0.2, 0.25) is 5.95 Å². The van der Waals surface area contributed by atoms with E-state index in [9.17, 15) is 13.2 Å². The molecule has 0 aliphatic carbocycles. The van der Waals surface area contributed by atoms with E-state index in [1.807, 2.05) is 35.2 Å². The normalized spacial score (nSPS) is 14.9. The van der Waals surface area contributed by atoms with Gasteiger partial charge in [0, 0.05) is 24.2 Å². The molecule has 0 atom stereocenters. The first kappa shape index (κ1) is 18.4. The molecular weight excluding hydrogens is 367 g/mol. The molecule has 1 fully saturated rings. The van der Waals surface area contributed by atoms with E-state index < -0.39 is 11.7 Å². The molecule has 144 valence electrons. The maximum atomic E-state index is 13.5. The molecule has 1 aromatic heterocycles. The minimum absolute atomic E-state index is 0.0455. The summed E-state index contributed by atoms with van der Waals surface area (Å²) in [5, 5.41) is 0. The molecule has 2 aromatic carbocycles. The van der Waals surface area contributed by atoms with Crippen LogP contribution in [0.25, 0.3) is 22.5 Å². The van der Waals surface area contributed by atoms with Crippen molar-refractivity contribution < 1.29 is 17.9 Å². The van der Waals surface area contributed by atoms with E-state index in [1.165, 1.54) is 12.1 Å². The van der Waals surface area contributed by atoms with Crippen LogP contribution >= 0.6 is 0 Å². The topological polar surface area (TPSA) is 38.2 Å². The molecular formula is C21H18F3N3O. The Morgan fingerprint density at radius 2 is 1.46 bits per heavy atom. The van der Waals surface area contributed by atoms with Crippen LogP contribution in [0.3, 0.4) is 0 Å². The Kier molecular flexibility index (Phi) is 5.00. The van der Waals surface area contributed by atoms with Crippen LogP contribution in [0.1, 0.15) is 5.56 Å². The fourth-order valence-corrected chi connectivity index (χ4v) is 3.19. The van der Waals surface area contributed by atoms with Gasteiger partial charge in [0.25, 0.3) is 0 Å². The van der Waals surface area contributed by atoms with Gasteiger partial charge in [-0.2, -0.15) is 13.2 Å². The van der Waals surface area contributed by atoms with Crippen molar-refractivity contribution in [2.45, 2.75) is 6.18 Å². The van der Waals surface area contributed by atoms with Crippen molar-refractivity contribution in [1.82, 2.24) is 9.97 Å². The molecule has 0 radical (unpaired) electrons. The molecule has 0 spiro atoms. The molecule has 1 aliphatic heterocycles. The number of benzene rings is 2. The van der Waals surface area contributed by atoms with E-state index in [1.54, 1.807) is 12.1 Å². The number of aromatic nitrogens is 2. The maximum absolute atomic E-state index is 13.5. The van der Waals surface area contributed by atoms with Gasteiger partial charge in [-0.1, -0.05) is 48.5 Å². The third kappa shape index (κ3) is 3.84. The fraction of sp³-hybridized carbons (Fsp3) is 0.238. The second-order valence-electron chi connectivity index (χ2n) is 6.45. The zero-order valence-corrected chi connectivity index (χ0v) is 15.0. The Balaban J connectivity index is 1.88. The molecule has 28 heavy (non-hydrogen) atoms. The lowest BCUT2D eigenvalue weighted by atomic mass is 10.0. The summed E-state index contributed by atoms with van der Waals surface area (Å²) in [6.45, 7) is 2.26. The van der Waals surface area contributed by atoms with Gasteiger partial charge in [-0.05, 0) is 12.1 Å². The Hall–Kier alpha value is -2.93. The highest BCUT2D eigenvalue weighted by molar-refractivity contribution is 5.72. The number of halogens is 3. The largest absolute Gasteiger partial charge is 0.417 e. The zero-order chi connectivity index (χ0) is 19.6. The lowest BCUT2D eigenvalue weighted by Gasteiger charge is -2.27. The van der Waals surface area contributed by atoms with Crippen LogP contribution in [-0.2, 0) is 10.9 Å². The number of nitrogens with zero attached hydrogens (tertiary/aromatic N) is 3. The average Bonchev–Trinajstić information content (AvgIpc) is 2.74. The quantitative estimate of drug-likeness (QED) is 0.657. The van der Waals surface area contributed by atoms with Crippen LogP contribution in [0.4, 0.5) is 19.1 Å². The van der Waals surface area contributed by atoms with Crippen molar-refractivity contribution in [2.75, 3.05) is 31.2 Å². The lowest BCUT2D eigenvalue weighted by Crippen LogP contribution is -2.37. The first-order chi connectivity index (χ1) is 13.5. The summed E-state index contributed by atoms with van der Waals surface area (Å²) >= 11 is 0. The van der Waals surface area contributed by atoms with E-state index >= 15 is 0 Å². The summed E-state index contributed by atoms with van der Waals surface area (Å²) in [6.07, 6.45) is -4.46. The first-order valence-corrected chi connectivity index (χ1v) is 8.96. The van der Waals surface area contributed by atoms with Crippen molar-refractivity contribution >= 4 is 5.95 Å². The number of ether oxygens (including phenoxy) is 1. The molecule has 3 aromatic rings. The summed E-state index contributed by atoms with van der Waals surface area (Å²) < 4.78 is 46.0. The number of anilines is 1. The molecule has 1 saturated heterocycles. The van der Waals surface area contributed by atoms with Gasteiger partial charge >= 0.3 is 6.18 Å². The average molecular weight is 385 g/mol. The Morgan fingerprint density at radius 1 is 0.821 bits per heavy atom. The highest BCUT2D eigenvalue weighted by atomic mass is 19.4. The van der Waals surface area contributed by atoms with Crippen molar-refractivity contribution in [3.8, 4) is 22.5 Å². The van der Waals surface area contributed by atoms with Crippen molar-refractivity contribution in [3.05, 3.63) is 66.2 Å². The van der Waals surface area contributed by atoms with Crippen LogP contribution in [-0.4, -0.2) is 36.3 Å². The number of morpholine rings is 1. The predicted molar refractivity (Wildman–Crippen MR) is 101 cm³/mol. The van der Waals surface area contributed by atoms with Crippen molar-refractivity contribution in [3.63, 3.8) is 0 Å². The molecule has 0 amide bonds. The van der Waals surface area contributed by atoms with Crippen molar-refractivity contribution in [2.24, 2.45) is 0 Å². The van der Waals surface area contributed by atoms with E-state index in [0.717, 1.165) is 11.6 Å². The Morgan fingerprint density at radius 3 is 2.18 bits per heavy atom. The molecule has 2 heterocycles. The van der Waals surface area contributed by atoms with Gasteiger partial charge in [-0.15, -0.1) is 0 Å². The third-order valence-corrected chi connectivity index (χ3v) is 4.59. The number of rotatable bonds is 3. The molecule has 0 bridgehead atoms. The molecule has 4 rings (SSSR count). The fourth-order valence-electron chi connectivity index (χ4n) is 3.19. The van der Waals surface area contributed by atoms with Crippen LogP contribution < -0.4 is 4.90 Å². The first-order valence-electron chi connectivity index (χ1n) is 8.96. The minimum atomic E-state index is -4.46. The molecule has 0 saturated carbocycles. The number of hydrogen-bond donors (Lipinski definition) is 0. The highest BCUT2D eigenvalue weighted by Crippen LogP contribution is 2.37. The summed E-state index contributed by atoms with van der Waals surface area (Å²) in [6, 6.07) is 16.5. The van der Waals surface area contributed by atoms with Crippen LogP contribution in [0.2, 0.25) is 0 Å². The molecule has 1 aliphatic rings. The number of hydrogen-bond acceptors (Lipinski definition) is 4. The van der Waals surface area contributed by atoms with Gasteiger partial charge < -0.3 is 9.64 Å². The molecule has 0 unspecified atom stereocenters. The zero-order valence-electron chi connectivity index (χ0n) is 15.0. The minimum Gasteiger partial charge on any atom is -0.378 e.